The van der Waals surface area contributed by atoms with E-state index in [0.717, 1.165) is 13.0 Å². The van der Waals surface area contributed by atoms with Gasteiger partial charge in [0.05, 0.1) is 6.10 Å². The van der Waals surface area contributed by atoms with Crippen molar-refractivity contribution in [3.05, 3.63) is 35.4 Å². The molecule has 2 heteroatoms. The van der Waals surface area contributed by atoms with Gasteiger partial charge in [-0.25, -0.2) is 0 Å². The maximum atomic E-state index is 5.77. The van der Waals surface area contributed by atoms with Crippen molar-refractivity contribution in [3.8, 4) is 0 Å². The molecule has 1 fully saturated rings. The highest BCUT2D eigenvalue weighted by Crippen LogP contribution is 2.33. The minimum absolute atomic E-state index is 0.240. The molecule has 1 aromatic rings. The summed E-state index contributed by atoms with van der Waals surface area (Å²) < 4.78 is 5.77. The van der Waals surface area contributed by atoms with Gasteiger partial charge < -0.3 is 4.74 Å². The van der Waals surface area contributed by atoms with E-state index in [1.54, 1.807) is 0 Å². The van der Waals surface area contributed by atoms with Crippen molar-refractivity contribution in [2.75, 3.05) is 6.61 Å². The van der Waals surface area contributed by atoms with E-state index in [1.165, 1.54) is 17.5 Å². The molecule has 1 nitrogen and oxygen atoms in total. The third-order valence-electron chi connectivity index (χ3n) is 2.66. The van der Waals surface area contributed by atoms with Crippen molar-refractivity contribution < 1.29 is 4.74 Å². The minimum atomic E-state index is 0.240. The van der Waals surface area contributed by atoms with E-state index in [4.69, 9.17) is 4.74 Å². The summed E-state index contributed by atoms with van der Waals surface area (Å²) >= 11 is 3.68. The number of halogens is 1. The van der Waals surface area contributed by atoms with Crippen LogP contribution in [0.3, 0.4) is 0 Å². The van der Waals surface area contributed by atoms with E-state index in [1.807, 2.05) is 0 Å². The molecule has 0 unspecified atom stereocenters. The summed E-state index contributed by atoms with van der Waals surface area (Å²) in [7, 11) is 0. The van der Waals surface area contributed by atoms with Crippen LogP contribution in [0, 0.1) is 6.92 Å². The van der Waals surface area contributed by atoms with E-state index in [2.05, 4.69) is 47.1 Å². The Bertz CT molecular complexity index is 294. The summed E-state index contributed by atoms with van der Waals surface area (Å²) in [5.41, 5.74) is 2.59. The Hall–Kier alpha value is -0.340. The van der Waals surface area contributed by atoms with Gasteiger partial charge in [-0.1, -0.05) is 45.8 Å². The first kappa shape index (κ1) is 10.2. The van der Waals surface area contributed by atoms with Crippen LogP contribution in [-0.4, -0.2) is 11.4 Å². The fourth-order valence-corrected chi connectivity index (χ4v) is 2.59. The van der Waals surface area contributed by atoms with Crippen LogP contribution < -0.4 is 0 Å². The Balaban J connectivity index is 2.16. The topological polar surface area (TPSA) is 9.23 Å². The van der Waals surface area contributed by atoms with Gasteiger partial charge >= 0.3 is 0 Å². The second kappa shape index (κ2) is 4.45. The lowest BCUT2D eigenvalue weighted by molar-refractivity contribution is 0.0217. The van der Waals surface area contributed by atoms with Gasteiger partial charge in [-0.3, -0.25) is 0 Å². The SMILES string of the molecule is Cc1ccc([C@H]2OCCC[C@H]2Br)cc1. The van der Waals surface area contributed by atoms with Crippen molar-refractivity contribution >= 4 is 15.9 Å². The lowest BCUT2D eigenvalue weighted by Crippen LogP contribution is -2.22. The molecule has 0 radical (unpaired) electrons. The molecular weight excluding hydrogens is 240 g/mol. The lowest BCUT2D eigenvalue weighted by Gasteiger charge is -2.28. The fraction of sp³-hybridized carbons (Fsp3) is 0.500. The number of ether oxygens (including phenoxy) is 1. The highest BCUT2D eigenvalue weighted by atomic mass is 79.9. The first-order valence-electron chi connectivity index (χ1n) is 5.09. The predicted octanol–water partition coefficient (Wildman–Crippen LogP) is 3.61. The zero-order valence-electron chi connectivity index (χ0n) is 8.37. The van der Waals surface area contributed by atoms with Gasteiger partial charge in [0.25, 0.3) is 0 Å². The highest BCUT2D eigenvalue weighted by Gasteiger charge is 2.24. The van der Waals surface area contributed by atoms with Gasteiger partial charge in [0.1, 0.15) is 0 Å². The maximum Gasteiger partial charge on any atom is 0.0949 e. The standard InChI is InChI=1S/C12H15BrO/c1-9-4-6-10(7-5-9)12-11(13)3-2-8-14-12/h4-7,11-12H,2-3,8H2,1H3/t11-,12-/m1/s1. The van der Waals surface area contributed by atoms with E-state index in [-0.39, 0.29) is 6.10 Å². The summed E-state index contributed by atoms with van der Waals surface area (Å²) in [6, 6.07) is 8.62. The van der Waals surface area contributed by atoms with Crippen LogP contribution in [0.25, 0.3) is 0 Å². The monoisotopic (exact) mass is 254 g/mol. The van der Waals surface area contributed by atoms with Crippen LogP contribution in [0.1, 0.15) is 30.1 Å². The van der Waals surface area contributed by atoms with Gasteiger partial charge in [0.2, 0.25) is 0 Å². The molecule has 76 valence electrons. The summed E-state index contributed by atoms with van der Waals surface area (Å²) in [6.45, 7) is 3.00. The van der Waals surface area contributed by atoms with Crippen molar-refractivity contribution in [2.45, 2.75) is 30.7 Å². The zero-order valence-corrected chi connectivity index (χ0v) is 9.96. The molecule has 0 amide bonds. The largest absolute Gasteiger partial charge is 0.372 e. The molecule has 1 heterocycles. The molecule has 2 atom stereocenters. The van der Waals surface area contributed by atoms with Gasteiger partial charge in [0, 0.05) is 11.4 Å². The third kappa shape index (κ3) is 2.18. The maximum absolute atomic E-state index is 5.77. The number of aryl methyl sites for hydroxylation is 1. The molecule has 14 heavy (non-hydrogen) atoms. The number of rotatable bonds is 1. The molecular formula is C12H15BrO. The quantitative estimate of drug-likeness (QED) is 0.696. The van der Waals surface area contributed by atoms with Crippen molar-refractivity contribution in [1.82, 2.24) is 0 Å². The smallest absolute Gasteiger partial charge is 0.0949 e. The van der Waals surface area contributed by atoms with E-state index in [0.29, 0.717) is 4.83 Å². The minimum Gasteiger partial charge on any atom is -0.372 e. The van der Waals surface area contributed by atoms with Crippen molar-refractivity contribution in [2.24, 2.45) is 0 Å². The molecule has 0 bridgehead atoms. The zero-order chi connectivity index (χ0) is 9.97. The molecule has 0 aromatic heterocycles. The first-order valence-corrected chi connectivity index (χ1v) is 6.01. The van der Waals surface area contributed by atoms with E-state index < -0.39 is 0 Å². The number of alkyl halides is 1. The Morgan fingerprint density at radius 1 is 1.29 bits per heavy atom. The van der Waals surface area contributed by atoms with Crippen LogP contribution in [0.5, 0.6) is 0 Å². The van der Waals surface area contributed by atoms with Crippen molar-refractivity contribution in [3.63, 3.8) is 0 Å². The van der Waals surface area contributed by atoms with Gasteiger partial charge in [-0.05, 0) is 25.3 Å². The summed E-state index contributed by atoms with van der Waals surface area (Å²) in [4.78, 5) is 0.471. The Morgan fingerprint density at radius 3 is 2.64 bits per heavy atom. The Kier molecular flexibility index (Phi) is 3.24. The van der Waals surface area contributed by atoms with E-state index >= 15 is 0 Å². The van der Waals surface area contributed by atoms with Crippen LogP contribution in [-0.2, 0) is 4.74 Å². The molecule has 1 aliphatic heterocycles. The number of hydrogen-bond donors (Lipinski definition) is 0. The van der Waals surface area contributed by atoms with Crippen LogP contribution >= 0.6 is 15.9 Å². The fourth-order valence-electron chi connectivity index (χ4n) is 1.81. The van der Waals surface area contributed by atoms with Gasteiger partial charge in [0.15, 0.2) is 0 Å². The molecule has 0 N–H and O–H groups in total. The van der Waals surface area contributed by atoms with Crippen LogP contribution in [0.4, 0.5) is 0 Å². The molecule has 0 spiro atoms. The molecule has 1 saturated heterocycles. The molecule has 0 aliphatic carbocycles. The average Bonchev–Trinajstić information content (AvgIpc) is 2.20. The molecule has 1 aliphatic rings. The van der Waals surface area contributed by atoms with Gasteiger partial charge in [-0.15, -0.1) is 0 Å². The normalized spacial score (nSPS) is 27.6. The third-order valence-corrected chi connectivity index (χ3v) is 3.59. The second-order valence-electron chi connectivity index (χ2n) is 3.86. The van der Waals surface area contributed by atoms with Gasteiger partial charge in [-0.2, -0.15) is 0 Å². The molecule has 0 saturated carbocycles. The Morgan fingerprint density at radius 2 is 2.00 bits per heavy atom. The number of benzene rings is 1. The van der Waals surface area contributed by atoms with Crippen LogP contribution in [0.15, 0.2) is 24.3 Å². The van der Waals surface area contributed by atoms with Crippen molar-refractivity contribution in [1.29, 1.82) is 0 Å². The summed E-state index contributed by atoms with van der Waals surface area (Å²) in [6.07, 6.45) is 2.61. The Labute approximate surface area is 93.6 Å². The molecule has 1 aromatic carbocycles. The summed E-state index contributed by atoms with van der Waals surface area (Å²) in [5.74, 6) is 0. The van der Waals surface area contributed by atoms with E-state index in [9.17, 15) is 0 Å². The second-order valence-corrected chi connectivity index (χ2v) is 5.04. The lowest BCUT2D eigenvalue weighted by atomic mass is 10.0. The molecule has 2 rings (SSSR count). The first-order chi connectivity index (χ1) is 6.77. The predicted molar refractivity (Wildman–Crippen MR) is 61.8 cm³/mol. The average molecular weight is 255 g/mol. The number of hydrogen-bond acceptors (Lipinski definition) is 1. The summed E-state index contributed by atoms with van der Waals surface area (Å²) in [5, 5.41) is 0. The highest BCUT2D eigenvalue weighted by molar-refractivity contribution is 9.09. The van der Waals surface area contributed by atoms with Crippen LogP contribution in [0.2, 0.25) is 0 Å².